The van der Waals surface area contributed by atoms with Gasteiger partial charge in [0.05, 0.1) is 16.3 Å². The minimum absolute atomic E-state index is 0.188. The molecule has 7 heteroatoms. The van der Waals surface area contributed by atoms with Gasteiger partial charge in [0, 0.05) is 17.0 Å². The Kier molecular flexibility index (Phi) is 4.84. The van der Waals surface area contributed by atoms with Gasteiger partial charge in [-0.1, -0.05) is 35.9 Å². The largest absolute Gasteiger partial charge is 0.239 e. The molecule has 0 spiro atoms. The number of halogens is 1. The van der Waals surface area contributed by atoms with Crippen LogP contribution in [0.15, 0.2) is 53.9 Å². The molecule has 2 aromatic carbocycles. The van der Waals surface area contributed by atoms with Crippen LogP contribution in [0.1, 0.15) is 29.5 Å². The van der Waals surface area contributed by atoms with E-state index in [-0.39, 0.29) is 6.04 Å². The topological polar surface area (TPSA) is 50.3 Å². The lowest BCUT2D eigenvalue weighted by atomic mass is 10.2. The highest BCUT2D eigenvalue weighted by molar-refractivity contribution is 7.92. The van der Waals surface area contributed by atoms with Crippen LogP contribution in [-0.2, 0) is 10.0 Å². The van der Waals surface area contributed by atoms with E-state index in [2.05, 4.69) is 4.98 Å². The summed E-state index contributed by atoms with van der Waals surface area (Å²) in [4.78, 5) is 4.66. The van der Waals surface area contributed by atoms with Gasteiger partial charge in [-0.25, -0.2) is 13.4 Å². The minimum Gasteiger partial charge on any atom is -0.239 e. The molecule has 0 saturated carbocycles. The molecule has 0 unspecified atom stereocenters. The van der Waals surface area contributed by atoms with Gasteiger partial charge >= 0.3 is 0 Å². The Bertz CT molecular complexity index is 1030. The highest BCUT2D eigenvalue weighted by Gasteiger charge is 2.35. The summed E-state index contributed by atoms with van der Waals surface area (Å²) in [6.07, 6.45) is 3.25. The zero-order valence-corrected chi connectivity index (χ0v) is 16.3. The molecule has 26 heavy (non-hydrogen) atoms. The first-order chi connectivity index (χ1) is 12.5. The molecule has 2 heterocycles. The van der Waals surface area contributed by atoms with Crippen molar-refractivity contribution in [3.05, 3.63) is 69.5 Å². The predicted molar refractivity (Wildman–Crippen MR) is 108 cm³/mol. The average Bonchev–Trinajstić information content (AvgIpc) is 3.28. The van der Waals surface area contributed by atoms with Crippen LogP contribution < -0.4 is 0 Å². The Labute approximate surface area is 161 Å². The summed E-state index contributed by atoms with van der Waals surface area (Å²) in [6, 6.07) is 14.8. The fourth-order valence-electron chi connectivity index (χ4n) is 3.14. The van der Waals surface area contributed by atoms with Gasteiger partial charge in [0.1, 0.15) is 5.01 Å². The molecule has 3 aromatic rings. The van der Waals surface area contributed by atoms with Crippen molar-refractivity contribution in [1.82, 2.24) is 9.29 Å². The second kappa shape index (κ2) is 7.12. The van der Waals surface area contributed by atoms with Gasteiger partial charge in [0.25, 0.3) is 0 Å². The second-order valence-corrected chi connectivity index (χ2v) is 9.46. The summed E-state index contributed by atoms with van der Waals surface area (Å²) in [5.74, 6) is 0. The van der Waals surface area contributed by atoms with E-state index >= 15 is 0 Å². The molecule has 0 amide bonds. The number of fused-ring (bicyclic) bond motifs is 1. The van der Waals surface area contributed by atoms with Gasteiger partial charge in [-0.05, 0) is 48.7 Å². The van der Waals surface area contributed by atoms with Crippen molar-refractivity contribution in [3.8, 4) is 0 Å². The highest BCUT2D eigenvalue weighted by Crippen LogP contribution is 2.38. The number of para-hydroxylation sites is 1. The molecular weight excluding hydrogens is 388 g/mol. The monoisotopic (exact) mass is 404 g/mol. The maximum Gasteiger partial charge on any atom is 0.236 e. The lowest BCUT2D eigenvalue weighted by Crippen LogP contribution is -2.28. The summed E-state index contributed by atoms with van der Waals surface area (Å²) in [5, 5.41) is 2.77. The van der Waals surface area contributed by atoms with E-state index in [4.69, 9.17) is 11.6 Å². The highest BCUT2D eigenvalue weighted by atomic mass is 35.5. The predicted octanol–water partition coefficient (Wildman–Crippen LogP) is 5.09. The van der Waals surface area contributed by atoms with E-state index in [1.807, 2.05) is 24.3 Å². The Morgan fingerprint density at radius 2 is 1.92 bits per heavy atom. The summed E-state index contributed by atoms with van der Waals surface area (Å²) < 4.78 is 28.4. The van der Waals surface area contributed by atoms with Gasteiger partial charge < -0.3 is 0 Å². The fraction of sp³-hybridized carbons (Fsp3) is 0.211. The van der Waals surface area contributed by atoms with E-state index in [1.54, 1.807) is 46.0 Å². The molecule has 0 N–H and O–H groups in total. The van der Waals surface area contributed by atoms with Crippen LogP contribution in [0.4, 0.5) is 0 Å². The van der Waals surface area contributed by atoms with Crippen LogP contribution in [0.2, 0.25) is 5.02 Å². The third-order valence-corrected chi connectivity index (χ3v) is 7.39. The number of sulfonamides is 1. The molecule has 1 aliphatic heterocycles. The van der Waals surface area contributed by atoms with Crippen LogP contribution in [0.3, 0.4) is 0 Å². The van der Waals surface area contributed by atoms with Crippen molar-refractivity contribution in [2.75, 3.05) is 6.54 Å². The third-order valence-electron chi connectivity index (χ3n) is 4.43. The van der Waals surface area contributed by atoms with Crippen molar-refractivity contribution in [2.45, 2.75) is 18.9 Å². The third kappa shape index (κ3) is 3.55. The Hall–Kier alpha value is -1.73. The van der Waals surface area contributed by atoms with Gasteiger partial charge in [0.15, 0.2) is 0 Å². The molecule has 1 aliphatic rings. The summed E-state index contributed by atoms with van der Waals surface area (Å²) >= 11 is 7.44. The lowest BCUT2D eigenvalue weighted by molar-refractivity contribution is 0.402. The SMILES string of the molecule is O=S(=O)(/C=C/c1ccc(Cl)cc1)N1CCC[C@H]1c1nc2ccccc2s1. The average molecular weight is 405 g/mol. The Morgan fingerprint density at radius 3 is 2.69 bits per heavy atom. The molecule has 1 atom stereocenters. The number of nitrogens with zero attached hydrogens (tertiary/aromatic N) is 2. The summed E-state index contributed by atoms with van der Waals surface area (Å²) in [7, 11) is -3.52. The number of rotatable bonds is 4. The second-order valence-electron chi connectivity index (χ2n) is 6.19. The van der Waals surface area contributed by atoms with Crippen LogP contribution in [0.5, 0.6) is 0 Å². The van der Waals surface area contributed by atoms with Gasteiger partial charge in [-0.3, -0.25) is 0 Å². The lowest BCUT2D eigenvalue weighted by Gasteiger charge is -2.20. The Balaban J connectivity index is 1.61. The number of hydrogen-bond acceptors (Lipinski definition) is 4. The number of benzene rings is 2. The number of thiazole rings is 1. The molecule has 1 fully saturated rings. The minimum atomic E-state index is -3.52. The van der Waals surface area contributed by atoms with Crippen LogP contribution in [-0.4, -0.2) is 24.3 Å². The zero-order valence-electron chi connectivity index (χ0n) is 13.9. The molecule has 0 radical (unpaired) electrons. The molecule has 134 valence electrons. The van der Waals surface area contributed by atoms with Crippen molar-refractivity contribution >= 4 is 49.3 Å². The van der Waals surface area contributed by atoms with Crippen LogP contribution in [0, 0.1) is 0 Å². The molecule has 1 saturated heterocycles. The first kappa shape index (κ1) is 17.7. The first-order valence-corrected chi connectivity index (χ1v) is 11.0. The van der Waals surface area contributed by atoms with Gasteiger partial charge in [-0.15, -0.1) is 11.3 Å². The van der Waals surface area contributed by atoms with Gasteiger partial charge in [-0.2, -0.15) is 4.31 Å². The van der Waals surface area contributed by atoms with E-state index in [0.29, 0.717) is 11.6 Å². The smallest absolute Gasteiger partial charge is 0.236 e. The van der Waals surface area contributed by atoms with E-state index < -0.39 is 10.0 Å². The van der Waals surface area contributed by atoms with Gasteiger partial charge in [0.2, 0.25) is 10.0 Å². The van der Waals surface area contributed by atoms with Crippen LogP contribution in [0.25, 0.3) is 16.3 Å². The summed E-state index contributed by atoms with van der Waals surface area (Å²) in [5.41, 5.74) is 1.72. The fourth-order valence-corrected chi connectivity index (χ4v) is 5.88. The molecular formula is C19H17ClN2O2S2. The molecule has 4 nitrogen and oxygen atoms in total. The number of aromatic nitrogens is 1. The number of hydrogen-bond donors (Lipinski definition) is 0. The maximum atomic E-state index is 12.9. The quantitative estimate of drug-likeness (QED) is 0.608. The van der Waals surface area contributed by atoms with E-state index in [0.717, 1.165) is 33.6 Å². The molecule has 0 aliphatic carbocycles. The molecule has 4 rings (SSSR count). The van der Waals surface area contributed by atoms with Crippen molar-refractivity contribution < 1.29 is 8.42 Å². The zero-order chi connectivity index (χ0) is 18.1. The standard InChI is InChI=1S/C19H17ClN2O2S2/c20-15-9-7-14(8-10-15)11-13-26(23,24)22-12-3-5-17(22)19-21-16-4-1-2-6-18(16)25-19/h1-2,4,6-11,13,17H,3,5,12H2/b13-11+/t17-/m0/s1. The normalized spacial score (nSPS) is 18.9. The Morgan fingerprint density at radius 1 is 1.15 bits per heavy atom. The molecule has 0 bridgehead atoms. The summed E-state index contributed by atoms with van der Waals surface area (Å²) in [6.45, 7) is 0.522. The maximum absolute atomic E-state index is 12.9. The first-order valence-electron chi connectivity index (χ1n) is 8.34. The van der Waals surface area contributed by atoms with Crippen molar-refractivity contribution in [1.29, 1.82) is 0 Å². The van der Waals surface area contributed by atoms with E-state index in [1.165, 1.54) is 5.41 Å². The van der Waals surface area contributed by atoms with Crippen molar-refractivity contribution in [2.24, 2.45) is 0 Å². The van der Waals surface area contributed by atoms with Crippen LogP contribution >= 0.6 is 22.9 Å². The molecule has 1 aromatic heterocycles. The van der Waals surface area contributed by atoms with E-state index in [9.17, 15) is 8.42 Å². The van der Waals surface area contributed by atoms with Crippen molar-refractivity contribution in [3.63, 3.8) is 0 Å².